The third kappa shape index (κ3) is 2.66. The first-order valence-electron chi connectivity index (χ1n) is 12.2. The van der Waals surface area contributed by atoms with E-state index in [2.05, 4.69) is 18.8 Å². The first kappa shape index (κ1) is 17.7. The van der Waals surface area contributed by atoms with Gasteiger partial charge in [-0.15, -0.1) is 0 Å². The maximum atomic E-state index is 4.14. The highest BCUT2D eigenvalue weighted by Gasteiger charge is 2.60. The summed E-state index contributed by atoms with van der Waals surface area (Å²) in [6.45, 7) is 5.39. The molecule has 0 radical (unpaired) electrons. The summed E-state index contributed by atoms with van der Waals surface area (Å²) in [6, 6.07) is 0.804. The van der Waals surface area contributed by atoms with Gasteiger partial charge < -0.3 is 0 Å². The van der Waals surface area contributed by atoms with Crippen LogP contribution in [0.25, 0.3) is 0 Å². The summed E-state index contributed by atoms with van der Waals surface area (Å²) < 4.78 is 0. The summed E-state index contributed by atoms with van der Waals surface area (Å²) in [4.78, 5) is 4.14. The second kappa shape index (κ2) is 6.63. The zero-order valence-corrected chi connectivity index (χ0v) is 17.5. The SMILES string of the molecule is C[C@@]12CCCC[C@@H]1CC[C@H]1[C@H]2CC[C@]2(C)C(=[NH+]C3CCCCC3)CC[C@@H]12. The summed E-state index contributed by atoms with van der Waals surface area (Å²) >= 11 is 0. The molecule has 0 unspecified atom stereocenters. The molecule has 0 bridgehead atoms. The van der Waals surface area contributed by atoms with Crippen molar-refractivity contribution in [1.29, 1.82) is 0 Å². The molecule has 5 rings (SSSR count). The number of fused-ring (bicyclic) bond motifs is 5. The molecule has 5 aliphatic rings. The maximum absolute atomic E-state index is 4.14. The topological polar surface area (TPSA) is 14.0 Å². The van der Waals surface area contributed by atoms with Crippen LogP contribution < -0.4 is 4.99 Å². The van der Waals surface area contributed by atoms with Gasteiger partial charge in [-0.1, -0.05) is 26.2 Å². The fraction of sp³-hybridized carbons (Fsp3) is 0.960. The van der Waals surface area contributed by atoms with Crippen molar-refractivity contribution in [2.75, 3.05) is 0 Å². The molecule has 5 aliphatic carbocycles. The Morgan fingerprint density at radius 2 is 1.54 bits per heavy atom. The molecule has 6 atom stereocenters. The summed E-state index contributed by atoms with van der Waals surface area (Å²) in [6.07, 6.45) is 22.3. The van der Waals surface area contributed by atoms with Gasteiger partial charge in [-0.3, -0.25) is 0 Å². The maximum Gasteiger partial charge on any atom is 0.157 e. The molecule has 5 saturated carbocycles. The van der Waals surface area contributed by atoms with E-state index in [-0.39, 0.29) is 0 Å². The Balaban J connectivity index is 1.39. The van der Waals surface area contributed by atoms with Crippen LogP contribution in [0.1, 0.15) is 110 Å². The smallest absolute Gasteiger partial charge is 0.157 e. The van der Waals surface area contributed by atoms with Crippen LogP contribution in [0.2, 0.25) is 0 Å². The molecule has 0 spiro atoms. The van der Waals surface area contributed by atoms with Crippen LogP contribution in [0.5, 0.6) is 0 Å². The first-order valence-corrected chi connectivity index (χ1v) is 12.2. The Morgan fingerprint density at radius 1 is 0.731 bits per heavy atom. The molecular weight excluding hydrogens is 314 g/mol. The number of hydrogen-bond donors (Lipinski definition) is 1. The molecule has 146 valence electrons. The first-order chi connectivity index (χ1) is 12.6. The molecule has 0 aromatic heterocycles. The Kier molecular flexibility index (Phi) is 4.52. The lowest BCUT2D eigenvalue weighted by atomic mass is 9.45. The summed E-state index contributed by atoms with van der Waals surface area (Å²) in [5.41, 5.74) is 3.02. The van der Waals surface area contributed by atoms with E-state index < -0.39 is 0 Å². The minimum Gasteiger partial charge on any atom is -0.246 e. The molecule has 1 nitrogen and oxygen atoms in total. The fourth-order valence-corrected chi connectivity index (χ4v) is 8.84. The highest BCUT2D eigenvalue weighted by molar-refractivity contribution is 5.87. The van der Waals surface area contributed by atoms with Gasteiger partial charge in [0.2, 0.25) is 0 Å². The van der Waals surface area contributed by atoms with E-state index in [0.717, 1.165) is 29.7 Å². The molecular formula is C25H42N+. The van der Waals surface area contributed by atoms with Crippen molar-refractivity contribution in [3.8, 4) is 0 Å². The zero-order chi connectivity index (χ0) is 17.8. The van der Waals surface area contributed by atoms with Crippen LogP contribution in [-0.4, -0.2) is 11.8 Å². The molecule has 26 heavy (non-hydrogen) atoms. The van der Waals surface area contributed by atoms with E-state index in [1.165, 1.54) is 70.6 Å². The van der Waals surface area contributed by atoms with Gasteiger partial charge in [0.25, 0.3) is 0 Å². The molecule has 0 amide bonds. The van der Waals surface area contributed by atoms with Crippen LogP contribution in [0.3, 0.4) is 0 Å². The van der Waals surface area contributed by atoms with E-state index in [1.54, 1.807) is 31.4 Å². The van der Waals surface area contributed by atoms with Crippen molar-refractivity contribution in [3.05, 3.63) is 0 Å². The Morgan fingerprint density at radius 3 is 2.38 bits per heavy atom. The Labute approximate surface area is 161 Å². The standard InChI is InChI=1S/C25H41N/c1-24-16-7-6-8-18(24)11-12-20-21-13-14-23(25(21,2)17-15-22(20)24)26-19-9-4-3-5-10-19/h18-22H,3-17H2,1-2H3/p+1/t18-,20-,21+,22-,24-,25+/m1/s1. The van der Waals surface area contributed by atoms with Crippen molar-refractivity contribution >= 4 is 5.71 Å². The van der Waals surface area contributed by atoms with Gasteiger partial charge >= 0.3 is 0 Å². The van der Waals surface area contributed by atoms with Crippen molar-refractivity contribution in [2.24, 2.45) is 34.5 Å². The zero-order valence-electron chi connectivity index (χ0n) is 17.5. The highest BCUT2D eigenvalue weighted by Crippen LogP contribution is 2.65. The van der Waals surface area contributed by atoms with E-state index in [4.69, 9.17) is 0 Å². The summed E-state index contributed by atoms with van der Waals surface area (Å²) in [5, 5.41) is 0. The largest absolute Gasteiger partial charge is 0.246 e. The average Bonchev–Trinajstić information content (AvgIpc) is 2.98. The normalized spacial score (nSPS) is 50.9. The summed E-state index contributed by atoms with van der Waals surface area (Å²) in [7, 11) is 0. The van der Waals surface area contributed by atoms with Gasteiger partial charge in [-0.25, -0.2) is 4.99 Å². The molecule has 0 heterocycles. The molecule has 0 aromatic carbocycles. The molecule has 0 aromatic rings. The lowest BCUT2D eigenvalue weighted by molar-refractivity contribution is -0.512. The predicted octanol–water partition coefficient (Wildman–Crippen LogP) is 5.27. The van der Waals surface area contributed by atoms with Gasteiger partial charge in [0.05, 0.1) is 5.41 Å². The van der Waals surface area contributed by atoms with Crippen LogP contribution in [-0.2, 0) is 0 Å². The van der Waals surface area contributed by atoms with E-state index >= 15 is 0 Å². The van der Waals surface area contributed by atoms with Crippen molar-refractivity contribution in [2.45, 2.75) is 116 Å². The predicted molar refractivity (Wildman–Crippen MR) is 109 cm³/mol. The quantitative estimate of drug-likeness (QED) is 0.657. The second-order valence-corrected chi connectivity index (χ2v) is 11.4. The van der Waals surface area contributed by atoms with Crippen molar-refractivity contribution < 1.29 is 4.99 Å². The van der Waals surface area contributed by atoms with Gasteiger partial charge in [-0.2, -0.15) is 0 Å². The van der Waals surface area contributed by atoms with Crippen molar-refractivity contribution in [1.82, 2.24) is 0 Å². The second-order valence-electron chi connectivity index (χ2n) is 11.4. The van der Waals surface area contributed by atoms with Crippen molar-refractivity contribution in [3.63, 3.8) is 0 Å². The lowest BCUT2D eigenvalue weighted by Crippen LogP contribution is -2.82. The molecule has 1 heteroatoms. The van der Waals surface area contributed by atoms with Gasteiger partial charge in [-0.05, 0) is 93.8 Å². The minimum atomic E-state index is 0.524. The number of hydrogen-bond acceptors (Lipinski definition) is 0. The van der Waals surface area contributed by atoms with Gasteiger partial charge in [0, 0.05) is 19.3 Å². The third-order valence-electron chi connectivity index (χ3n) is 10.4. The average molecular weight is 357 g/mol. The molecule has 1 N–H and O–H groups in total. The van der Waals surface area contributed by atoms with Crippen LogP contribution >= 0.6 is 0 Å². The van der Waals surface area contributed by atoms with Gasteiger partial charge in [0.1, 0.15) is 0 Å². The van der Waals surface area contributed by atoms with E-state index in [1.807, 2.05) is 0 Å². The highest BCUT2D eigenvalue weighted by atomic mass is 14.8. The minimum absolute atomic E-state index is 0.524. The Bertz CT molecular complexity index is 559. The molecule has 5 fully saturated rings. The third-order valence-corrected chi connectivity index (χ3v) is 10.4. The lowest BCUT2D eigenvalue weighted by Gasteiger charge is -2.59. The Hall–Kier alpha value is -0.330. The molecule has 0 saturated heterocycles. The van der Waals surface area contributed by atoms with Crippen LogP contribution in [0, 0.1) is 34.5 Å². The molecule has 0 aliphatic heterocycles. The van der Waals surface area contributed by atoms with Crippen LogP contribution in [0.4, 0.5) is 0 Å². The number of nitrogens with one attached hydrogen (secondary N) is 1. The van der Waals surface area contributed by atoms with Crippen LogP contribution in [0.15, 0.2) is 0 Å². The van der Waals surface area contributed by atoms with Gasteiger partial charge in [0.15, 0.2) is 11.8 Å². The number of rotatable bonds is 1. The fourth-order valence-electron chi connectivity index (χ4n) is 8.84. The van der Waals surface area contributed by atoms with E-state index in [0.29, 0.717) is 10.8 Å². The monoisotopic (exact) mass is 356 g/mol. The van der Waals surface area contributed by atoms with E-state index in [9.17, 15) is 0 Å². The summed E-state index contributed by atoms with van der Waals surface area (Å²) in [5.74, 6) is 4.14.